The fraction of sp³-hybridized carbons (Fsp3) is 0.333. The van der Waals surface area contributed by atoms with Gasteiger partial charge in [-0.05, 0) is 71.2 Å². The molecule has 210 valence electrons. The van der Waals surface area contributed by atoms with Gasteiger partial charge in [0.15, 0.2) is 0 Å². The van der Waals surface area contributed by atoms with E-state index in [0.717, 1.165) is 27.6 Å². The van der Waals surface area contributed by atoms with Crippen LogP contribution in [0, 0.1) is 18.7 Å². The number of anilines is 1. The summed E-state index contributed by atoms with van der Waals surface area (Å²) in [4.78, 5) is 29.6. The maximum Gasteiger partial charge on any atom is 0.322 e. The van der Waals surface area contributed by atoms with Crippen LogP contribution in [0.15, 0.2) is 76.8 Å². The Morgan fingerprint density at radius 1 is 1.07 bits per heavy atom. The molecule has 0 saturated carbocycles. The Kier molecular flexibility index (Phi) is 8.83. The lowest BCUT2D eigenvalue weighted by Crippen LogP contribution is -2.49. The standard InChI is InChI=1S/C33H37BrFN3O2/c1-20(2)16-17-38-30(22-10-8-7-9-11-22)28(31(39)36-27-15-13-24(35)18-21(27)3)29(37-32(38)40)25-14-12-23(19-26(25)34)33(4,5)6/h7-15,18-20,29H,16-17H2,1-6H3,(H,36,39)(H,37,40). The van der Waals surface area contributed by atoms with Crippen molar-refractivity contribution in [2.45, 2.75) is 59.4 Å². The zero-order valence-corrected chi connectivity index (χ0v) is 25.5. The van der Waals surface area contributed by atoms with Crippen molar-refractivity contribution in [2.75, 3.05) is 11.9 Å². The lowest BCUT2D eigenvalue weighted by Gasteiger charge is -2.38. The molecule has 1 atom stereocenters. The third-order valence-corrected chi connectivity index (χ3v) is 7.85. The van der Waals surface area contributed by atoms with E-state index in [1.54, 1.807) is 17.9 Å². The minimum absolute atomic E-state index is 0.0736. The average Bonchev–Trinajstić information content (AvgIpc) is 2.88. The number of nitrogens with one attached hydrogen (secondary N) is 2. The maximum absolute atomic E-state index is 14.2. The third-order valence-electron chi connectivity index (χ3n) is 7.16. The van der Waals surface area contributed by atoms with Crippen LogP contribution >= 0.6 is 15.9 Å². The Labute approximate surface area is 245 Å². The quantitative estimate of drug-likeness (QED) is 0.284. The molecule has 3 amide bonds. The van der Waals surface area contributed by atoms with Crippen molar-refractivity contribution in [3.8, 4) is 0 Å². The number of hydrogen-bond acceptors (Lipinski definition) is 2. The number of halogens is 2. The first-order valence-corrected chi connectivity index (χ1v) is 14.4. The molecule has 0 aliphatic carbocycles. The Morgan fingerprint density at radius 2 is 1.77 bits per heavy atom. The summed E-state index contributed by atoms with van der Waals surface area (Å²) in [6.07, 6.45) is 0.768. The fourth-order valence-electron chi connectivity index (χ4n) is 4.82. The normalized spacial score (nSPS) is 15.9. The molecule has 3 aromatic carbocycles. The predicted octanol–water partition coefficient (Wildman–Crippen LogP) is 8.36. The van der Waals surface area contributed by atoms with Crippen LogP contribution in [0.3, 0.4) is 0 Å². The summed E-state index contributed by atoms with van der Waals surface area (Å²) in [5, 5.41) is 6.13. The van der Waals surface area contributed by atoms with Crippen molar-refractivity contribution in [2.24, 2.45) is 5.92 Å². The molecule has 0 bridgehead atoms. The molecule has 0 radical (unpaired) electrons. The van der Waals surface area contributed by atoms with Crippen molar-refractivity contribution < 1.29 is 14.0 Å². The monoisotopic (exact) mass is 605 g/mol. The molecule has 40 heavy (non-hydrogen) atoms. The maximum atomic E-state index is 14.2. The Hall–Kier alpha value is -3.45. The summed E-state index contributed by atoms with van der Waals surface area (Å²) in [6.45, 7) is 12.8. The number of carbonyl (C=O) groups is 2. The van der Waals surface area contributed by atoms with E-state index in [4.69, 9.17) is 0 Å². The number of carbonyl (C=O) groups excluding carboxylic acids is 2. The lowest BCUT2D eigenvalue weighted by molar-refractivity contribution is -0.113. The minimum Gasteiger partial charge on any atom is -0.326 e. The number of rotatable bonds is 7. The van der Waals surface area contributed by atoms with E-state index in [1.165, 1.54) is 12.1 Å². The highest BCUT2D eigenvalue weighted by Crippen LogP contribution is 2.40. The fourth-order valence-corrected chi connectivity index (χ4v) is 5.43. The molecule has 7 heteroatoms. The first-order chi connectivity index (χ1) is 18.9. The van der Waals surface area contributed by atoms with Gasteiger partial charge >= 0.3 is 6.03 Å². The Bertz CT molecular complexity index is 1440. The van der Waals surface area contributed by atoms with E-state index in [1.807, 2.05) is 42.5 Å². The Morgan fingerprint density at radius 3 is 2.38 bits per heavy atom. The summed E-state index contributed by atoms with van der Waals surface area (Å²) in [5.41, 5.74) is 4.71. The van der Waals surface area contributed by atoms with Crippen LogP contribution < -0.4 is 10.6 Å². The number of amides is 3. The lowest BCUT2D eigenvalue weighted by atomic mass is 9.85. The van der Waals surface area contributed by atoms with Gasteiger partial charge in [0.25, 0.3) is 5.91 Å². The second kappa shape index (κ2) is 12.0. The zero-order chi connectivity index (χ0) is 29.2. The molecular formula is C33H37BrFN3O2. The smallest absolute Gasteiger partial charge is 0.322 e. The highest BCUT2D eigenvalue weighted by molar-refractivity contribution is 9.10. The number of aryl methyl sites for hydroxylation is 1. The van der Waals surface area contributed by atoms with E-state index in [9.17, 15) is 14.0 Å². The van der Waals surface area contributed by atoms with Gasteiger partial charge in [-0.2, -0.15) is 0 Å². The van der Waals surface area contributed by atoms with Gasteiger partial charge in [-0.3, -0.25) is 9.69 Å². The van der Waals surface area contributed by atoms with Gasteiger partial charge in [0.05, 0.1) is 17.3 Å². The van der Waals surface area contributed by atoms with Gasteiger partial charge in [-0.15, -0.1) is 0 Å². The molecule has 1 unspecified atom stereocenters. The highest BCUT2D eigenvalue weighted by atomic mass is 79.9. The largest absolute Gasteiger partial charge is 0.326 e. The van der Waals surface area contributed by atoms with Gasteiger partial charge < -0.3 is 10.6 Å². The van der Waals surface area contributed by atoms with E-state index < -0.39 is 6.04 Å². The number of nitrogens with zero attached hydrogens (tertiary/aromatic N) is 1. The van der Waals surface area contributed by atoms with E-state index >= 15 is 0 Å². The van der Waals surface area contributed by atoms with Crippen molar-refractivity contribution in [1.82, 2.24) is 10.2 Å². The first kappa shape index (κ1) is 29.5. The van der Waals surface area contributed by atoms with Crippen LogP contribution in [0.2, 0.25) is 0 Å². The van der Waals surface area contributed by atoms with Crippen LogP contribution in [0.4, 0.5) is 14.9 Å². The molecule has 1 aliphatic heterocycles. The SMILES string of the molecule is Cc1cc(F)ccc1NC(=O)C1=C(c2ccccc2)N(CCC(C)C)C(=O)NC1c1ccc(C(C)(C)C)cc1Br. The number of hydrogen-bond donors (Lipinski definition) is 2. The van der Waals surface area contributed by atoms with Crippen LogP contribution in [0.1, 0.15) is 69.3 Å². The molecule has 1 heterocycles. The summed E-state index contributed by atoms with van der Waals surface area (Å²) < 4.78 is 14.6. The summed E-state index contributed by atoms with van der Waals surface area (Å²) >= 11 is 3.74. The first-order valence-electron chi connectivity index (χ1n) is 13.6. The minimum atomic E-state index is -0.720. The van der Waals surface area contributed by atoms with Gasteiger partial charge in [0.2, 0.25) is 0 Å². The summed E-state index contributed by atoms with van der Waals surface area (Å²) in [5.74, 6) is -0.370. The Balaban J connectivity index is 1.94. The van der Waals surface area contributed by atoms with Crippen molar-refractivity contribution in [3.63, 3.8) is 0 Å². The van der Waals surface area contributed by atoms with Crippen LogP contribution in [0.25, 0.3) is 5.70 Å². The van der Waals surface area contributed by atoms with E-state index in [0.29, 0.717) is 35.0 Å². The van der Waals surface area contributed by atoms with E-state index in [-0.39, 0.29) is 23.2 Å². The zero-order valence-electron chi connectivity index (χ0n) is 23.9. The molecule has 0 spiro atoms. The van der Waals surface area contributed by atoms with Crippen LogP contribution in [-0.4, -0.2) is 23.4 Å². The summed E-state index contributed by atoms with van der Waals surface area (Å²) in [7, 11) is 0. The van der Waals surface area contributed by atoms with Gasteiger partial charge in [0, 0.05) is 16.7 Å². The molecule has 1 aliphatic rings. The molecular weight excluding hydrogens is 569 g/mol. The number of urea groups is 1. The molecule has 0 fully saturated rings. The molecule has 3 aromatic rings. The molecule has 2 N–H and O–H groups in total. The van der Waals surface area contributed by atoms with Gasteiger partial charge in [-0.1, -0.05) is 93.0 Å². The topological polar surface area (TPSA) is 61.4 Å². The molecule has 0 aromatic heterocycles. The van der Waals surface area contributed by atoms with Crippen molar-refractivity contribution in [3.05, 3.63) is 105 Å². The number of benzene rings is 3. The van der Waals surface area contributed by atoms with E-state index in [2.05, 4.69) is 67.2 Å². The third kappa shape index (κ3) is 6.47. The molecule has 0 saturated heterocycles. The average molecular weight is 607 g/mol. The predicted molar refractivity (Wildman–Crippen MR) is 163 cm³/mol. The van der Waals surface area contributed by atoms with Gasteiger partial charge in [-0.25, -0.2) is 9.18 Å². The van der Waals surface area contributed by atoms with Crippen molar-refractivity contribution in [1.29, 1.82) is 0 Å². The van der Waals surface area contributed by atoms with Crippen LogP contribution in [-0.2, 0) is 10.2 Å². The summed E-state index contributed by atoms with van der Waals surface area (Å²) in [6, 6.07) is 18.9. The molecule has 4 rings (SSSR count). The van der Waals surface area contributed by atoms with Crippen molar-refractivity contribution >= 4 is 39.3 Å². The van der Waals surface area contributed by atoms with Crippen LogP contribution in [0.5, 0.6) is 0 Å². The van der Waals surface area contributed by atoms with Gasteiger partial charge in [0.1, 0.15) is 5.82 Å². The second-order valence-electron chi connectivity index (χ2n) is 11.7. The second-order valence-corrected chi connectivity index (χ2v) is 12.6. The molecule has 5 nitrogen and oxygen atoms in total. The highest BCUT2D eigenvalue weighted by Gasteiger charge is 2.39.